The van der Waals surface area contributed by atoms with Crippen LogP contribution in [0.3, 0.4) is 0 Å². The van der Waals surface area contributed by atoms with Gasteiger partial charge in [-0.1, -0.05) is 6.07 Å². The van der Waals surface area contributed by atoms with Crippen molar-refractivity contribution in [2.45, 2.75) is 39.2 Å². The fourth-order valence-corrected chi connectivity index (χ4v) is 13.8. The molecule has 0 bridgehead atoms. The summed E-state index contributed by atoms with van der Waals surface area (Å²) in [6, 6.07) is 16.3. The summed E-state index contributed by atoms with van der Waals surface area (Å²) < 4.78 is 260. The third kappa shape index (κ3) is 22.0. The van der Waals surface area contributed by atoms with Gasteiger partial charge in [-0.3, -0.25) is 42.0 Å². The van der Waals surface area contributed by atoms with Crippen LogP contribution in [0, 0.1) is 22.7 Å². The van der Waals surface area contributed by atoms with E-state index in [1.165, 1.54) is 29.2 Å². The summed E-state index contributed by atoms with van der Waals surface area (Å²) in [6.07, 6.45) is 3.43. The summed E-state index contributed by atoms with van der Waals surface area (Å²) in [6.45, 7) is -1.45. The van der Waals surface area contributed by atoms with Crippen LogP contribution >= 0.6 is 23.5 Å². The molecule has 15 N–H and O–H groups in total. The van der Waals surface area contributed by atoms with Gasteiger partial charge in [0.2, 0.25) is 0 Å². The van der Waals surface area contributed by atoms with E-state index in [9.17, 15) is 90.7 Å². The number of aliphatic hydroxyl groups excluding tert-OH is 1. The predicted octanol–water partition coefficient (Wildman–Crippen LogP) is 5.73. The lowest BCUT2D eigenvalue weighted by Crippen LogP contribution is -2.35. The molecule has 514 valence electrons. The van der Waals surface area contributed by atoms with Crippen LogP contribution < -0.4 is 22.9 Å². The molecule has 0 saturated heterocycles. The molecule has 0 heterocycles. The molecular formula is C46H43N13O27S10. The number of hydrogen-bond acceptors (Lipinski definition) is 36. The molecule has 0 aliphatic carbocycles. The monoisotopic (exact) mass is 1530 g/mol. The van der Waals surface area contributed by atoms with Crippen molar-refractivity contribution in [3.8, 4) is 22.7 Å². The van der Waals surface area contributed by atoms with Crippen molar-refractivity contribution >= 4 is 173 Å². The van der Waals surface area contributed by atoms with E-state index in [0.717, 1.165) is 60.7 Å². The lowest BCUT2D eigenvalue weighted by molar-refractivity contribution is -0.135. The maximum Gasteiger partial charge on any atom is 0.433 e. The topological polar surface area (TPSA) is 658 Å². The number of thioether (sulfide) groups is 2. The van der Waals surface area contributed by atoms with Gasteiger partial charge in [-0.25, -0.2) is 16.8 Å². The largest absolute Gasteiger partial charge is 0.433 e. The number of nitrogens with two attached hydrogens (primary N) is 4. The number of benzene rings is 6. The maximum absolute atomic E-state index is 13.7. The maximum atomic E-state index is 13.7. The van der Waals surface area contributed by atoms with Crippen molar-refractivity contribution in [1.29, 1.82) is 0 Å². The normalized spacial score (nSPS) is 12.9. The number of azo groups is 4. The van der Waals surface area contributed by atoms with Gasteiger partial charge in [0.05, 0.1) is 62.0 Å². The number of rotatable bonds is 28. The molecule has 0 radical (unpaired) electrons. The molecule has 0 aliphatic heterocycles. The molecule has 0 aromatic heterocycles. The van der Waals surface area contributed by atoms with Crippen LogP contribution in [-0.2, 0) is 99.4 Å². The van der Waals surface area contributed by atoms with Crippen LogP contribution in [-0.4, -0.2) is 142 Å². The Hall–Kier alpha value is -8.46. The van der Waals surface area contributed by atoms with E-state index in [1.54, 1.807) is 12.2 Å². The lowest BCUT2D eigenvalue weighted by Gasteiger charge is -2.21. The van der Waals surface area contributed by atoms with Crippen molar-refractivity contribution in [3.63, 3.8) is 0 Å². The van der Waals surface area contributed by atoms with Crippen LogP contribution in [0.25, 0.3) is 0 Å². The summed E-state index contributed by atoms with van der Waals surface area (Å²) in [4.78, 5) is 4.61. The Morgan fingerprint density at radius 3 is 1.20 bits per heavy atom. The van der Waals surface area contributed by atoms with E-state index in [4.69, 9.17) is 32.0 Å². The molecule has 50 heteroatoms. The minimum atomic E-state index is -5.22. The highest BCUT2D eigenvalue weighted by atomic mass is 32.3. The molecule has 0 amide bonds. The van der Waals surface area contributed by atoms with Gasteiger partial charge in [-0.2, -0.15) is 60.7 Å². The molecule has 6 rings (SSSR count). The Balaban J connectivity index is 1.15. The second kappa shape index (κ2) is 31.2. The highest BCUT2D eigenvalue weighted by molar-refractivity contribution is 8.04. The quantitative estimate of drug-likeness (QED) is 0.00531. The summed E-state index contributed by atoms with van der Waals surface area (Å²) in [7, 11) is -39.2. The zero-order chi connectivity index (χ0) is 71.4. The predicted molar refractivity (Wildman–Crippen MR) is 335 cm³/mol. The molecule has 0 atom stereocenters. The van der Waals surface area contributed by atoms with Gasteiger partial charge >= 0.3 is 20.8 Å². The van der Waals surface area contributed by atoms with E-state index in [1.807, 2.05) is 0 Å². The third-order valence-corrected chi connectivity index (χ3v) is 20.3. The highest BCUT2D eigenvalue weighted by Gasteiger charge is 2.27. The first-order valence-electron chi connectivity index (χ1n) is 24.7. The SMILES string of the molecule is Nc1c(N=Nc2ccc(SC#COOS(=O)(=O)O)cc2S(=O)(=O)O)cc(S(=O)(=O)O)c(N)c1N=Nc1ccc(S(=O)(=O)CCN(CCO)CCS(=O)(=O)c2cccc(N=Nc3c(N)c(N=Nc4ccc(SC#COOS(=O)(=O)O)cc4S(=O)(=O)O)cc(S(=O)(=O)O)c3N)c2)cc1. The van der Waals surface area contributed by atoms with Gasteiger partial charge in [0.1, 0.15) is 53.7 Å². The summed E-state index contributed by atoms with van der Waals surface area (Å²) in [5.74, 6) is -1.32. The van der Waals surface area contributed by atoms with E-state index < -0.39 is 176 Å². The fraction of sp³-hybridized carbons (Fsp3) is 0.130. The third-order valence-electron chi connectivity index (χ3n) is 11.6. The molecule has 96 heavy (non-hydrogen) atoms. The Bertz CT molecular complexity index is 5260. The first-order chi connectivity index (χ1) is 44.5. The Labute approximate surface area is 552 Å². The summed E-state index contributed by atoms with van der Waals surface area (Å²) >= 11 is 1.01. The molecular weight excluding hydrogens is 1490 g/mol. The van der Waals surface area contributed by atoms with E-state index in [2.05, 4.69) is 69.9 Å². The Kier molecular flexibility index (Phi) is 24.9. The molecule has 6 aromatic carbocycles. The standard InChI is InChI=1S/C46H43N13O27S10/c47-41-35(55-53-33-10-6-29(23-37(33)91(65,66)67)87-18-16-83-85-95(77,78)79)25-39(93(71,72)73)43(49)45(41)57-51-27-4-8-31(9-5-27)89(61,62)20-13-59(12-15-60)14-21-90(63,64)32-3-1-2-28(22-32)52-58-46-42(48)36(26-40(44(46)50)94(74,75)76)56-54-34-11-7-30(24-38(34)92(68,69)70)88-19-17-84-86-96(80,81)82/h1-11,22-26,60H,12-15,20-21,47-50H2,(H,65,66,67)(H,68,69,70)(H,71,72,73)(H,74,75,76)(H,77,78,79)(H,80,81,82). The van der Waals surface area contributed by atoms with Crippen LogP contribution in [0.15, 0.2) is 177 Å². The molecule has 40 nitrogen and oxygen atoms in total. The first-order valence-corrected chi connectivity index (χ1v) is 38.2. The number of hydrogen-bond donors (Lipinski definition) is 11. The average Bonchev–Trinajstić information content (AvgIpc) is 0.786. The average molecular weight is 1530 g/mol. The number of anilines is 4. The smallest absolute Gasteiger partial charge is 0.396 e. The zero-order valence-electron chi connectivity index (χ0n) is 47.2. The Morgan fingerprint density at radius 1 is 0.406 bits per heavy atom. The fourth-order valence-electron chi connectivity index (χ4n) is 7.24. The lowest BCUT2D eigenvalue weighted by atomic mass is 10.2. The second-order valence-electron chi connectivity index (χ2n) is 18.1. The van der Waals surface area contributed by atoms with Crippen LogP contribution in [0.2, 0.25) is 0 Å². The number of sulfone groups is 2. The van der Waals surface area contributed by atoms with Gasteiger partial charge in [0.25, 0.3) is 40.5 Å². The van der Waals surface area contributed by atoms with Crippen LogP contribution in [0.5, 0.6) is 0 Å². The van der Waals surface area contributed by atoms with E-state index in [0.29, 0.717) is 35.7 Å². The number of nitrogens with zero attached hydrogens (tertiary/aromatic N) is 9. The van der Waals surface area contributed by atoms with Crippen molar-refractivity contribution in [3.05, 3.63) is 97.1 Å². The van der Waals surface area contributed by atoms with Crippen LogP contribution in [0.4, 0.5) is 68.2 Å². The second-order valence-corrected chi connectivity index (χ2v) is 31.6. The van der Waals surface area contributed by atoms with Gasteiger partial charge < -0.3 is 28.0 Å². The molecule has 0 unspecified atom stereocenters. The molecule has 0 aliphatic rings. The van der Waals surface area contributed by atoms with Crippen molar-refractivity contribution in [1.82, 2.24) is 4.90 Å². The molecule has 6 aromatic rings. The van der Waals surface area contributed by atoms with Gasteiger partial charge in [0.15, 0.2) is 31.9 Å². The van der Waals surface area contributed by atoms with Crippen molar-refractivity contribution < 1.29 is 118 Å². The van der Waals surface area contributed by atoms with Gasteiger partial charge in [-0.05, 0) is 123 Å². The van der Waals surface area contributed by atoms with Gasteiger partial charge in [-0.15, -0.1) is 30.7 Å². The Morgan fingerprint density at radius 2 is 0.802 bits per heavy atom. The molecule has 0 fully saturated rings. The summed E-state index contributed by atoms with van der Waals surface area (Å²) in [5.41, 5.74) is 17.7. The minimum absolute atomic E-state index is 0.0225. The van der Waals surface area contributed by atoms with Gasteiger partial charge in [0, 0.05) is 39.9 Å². The number of aliphatic hydroxyl groups is 1. The molecule has 0 spiro atoms. The van der Waals surface area contributed by atoms with Crippen molar-refractivity contribution in [2.75, 3.05) is 60.7 Å². The highest BCUT2D eigenvalue weighted by Crippen LogP contribution is 2.45. The zero-order valence-corrected chi connectivity index (χ0v) is 55.4. The number of nitrogen functional groups attached to an aromatic ring is 4. The van der Waals surface area contributed by atoms with Crippen LogP contribution in [0.1, 0.15) is 0 Å². The van der Waals surface area contributed by atoms with Crippen molar-refractivity contribution in [2.24, 2.45) is 40.9 Å². The minimum Gasteiger partial charge on any atom is -0.396 e. The summed E-state index contributed by atoms with van der Waals surface area (Å²) in [5, 5.41) is 44.6. The first kappa shape index (κ1) is 76.6. The van der Waals surface area contributed by atoms with E-state index >= 15 is 0 Å². The molecule has 0 saturated carbocycles. The van der Waals surface area contributed by atoms with E-state index in [-0.39, 0.29) is 50.6 Å².